The van der Waals surface area contributed by atoms with Crippen molar-refractivity contribution in [2.45, 2.75) is 72.5 Å². The fourth-order valence-corrected chi connectivity index (χ4v) is 1.58. The summed E-state index contributed by atoms with van der Waals surface area (Å²) in [7, 11) is 0. The van der Waals surface area contributed by atoms with Gasteiger partial charge in [0.25, 0.3) is 0 Å². The van der Waals surface area contributed by atoms with Crippen molar-refractivity contribution in [2.75, 3.05) is 0 Å². The molecule has 1 amide bonds. The van der Waals surface area contributed by atoms with Gasteiger partial charge >= 0.3 is 0 Å². The molecule has 0 aliphatic carbocycles. The van der Waals surface area contributed by atoms with E-state index >= 15 is 0 Å². The smallest absolute Gasteiger partial charge is 0.237 e. The molecule has 0 rings (SSSR count). The Balaban J connectivity index is 3.84. The molecule has 3 heteroatoms. The van der Waals surface area contributed by atoms with E-state index in [1.54, 1.807) is 0 Å². The van der Waals surface area contributed by atoms with Crippen molar-refractivity contribution in [1.29, 1.82) is 0 Å². The second-order valence-electron chi connectivity index (χ2n) is 5.42. The molecule has 0 aliphatic heterocycles. The molecule has 0 radical (unpaired) electrons. The van der Waals surface area contributed by atoms with Crippen LogP contribution in [0.4, 0.5) is 0 Å². The minimum absolute atomic E-state index is 0.0893. The molecule has 0 spiro atoms. The predicted octanol–water partition coefficient (Wildman–Crippen LogP) is 2.31. The van der Waals surface area contributed by atoms with Gasteiger partial charge in [0.05, 0.1) is 6.04 Å². The quantitative estimate of drug-likeness (QED) is 0.702. The van der Waals surface area contributed by atoms with Crippen LogP contribution in [0, 0.1) is 5.92 Å². The van der Waals surface area contributed by atoms with E-state index in [1.807, 2.05) is 20.8 Å². The third kappa shape index (κ3) is 7.69. The monoisotopic (exact) mass is 228 g/mol. The normalized spacial score (nSPS) is 15.2. The Morgan fingerprint density at radius 1 is 1.00 bits per heavy atom. The highest BCUT2D eigenvalue weighted by Gasteiger charge is 2.15. The molecule has 96 valence electrons. The van der Waals surface area contributed by atoms with E-state index in [0.717, 1.165) is 12.3 Å². The number of nitrogens with one attached hydrogen (secondary N) is 2. The third-order valence-electron chi connectivity index (χ3n) is 2.54. The van der Waals surface area contributed by atoms with Gasteiger partial charge in [0.1, 0.15) is 0 Å². The molecule has 3 nitrogen and oxygen atoms in total. The number of rotatable bonds is 7. The van der Waals surface area contributed by atoms with Crippen LogP contribution in [0.25, 0.3) is 0 Å². The summed E-state index contributed by atoms with van der Waals surface area (Å²) in [6.45, 7) is 12.5. The van der Waals surface area contributed by atoms with Crippen LogP contribution in [0.1, 0.15) is 54.4 Å². The average molecular weight is 228 g/mol. The first-order valence-corrected chi connectivity index (χ1v) is 6.39. The lowest BCUT2D eigenvalue weighted by atomic mass is 10.0. The molecule has 0 fully saturated rings. The second kappa shape index (κ2) is 7.66. The van der Waals surface area contributed by atoms with Gasteiger partial charge in [0.15, 0.2) is 0 Å². The number of amides is 1. The van der Waals surface area contributed by atoms with E-state index in [0.29, 0.717) is 6.04 Å². The standard InChI is InChI=1S/C13H28N2O/c1-9(2)7-8-11(5)15-12(6)13(16)14-10(3)4/h9-12,15H,7-8H2,1-6H3,(H,14,16). The molecule has 0 aromatic carbocycles. The Labute approximate surface area is 100 Å². The maximum Gasteiger partial charge on any atom is 0.237 e. The molecule has 0 aromatic rings. The topological polar surface area (TPSA) is 41.1 Å². The van der Waals surface area contributed by atoms with Gasteiger partial charge in [-0.15, -0.1) is 0 Å². The molecular weight excluding hydrogens is 200 g/mol. The lowest BCUT2D eigenvalue weighted by Gasteiger charge is -2.21. The summed E-state index contributed by atoms with van der Waals surface area (Å²) < 4.78 is 0. The Hall–Kier alpha value is -0.570. The van der Waals surface area contributed by atoms with Crippen molar-refractivity contribution in [1.82, 2.24) is 10.6 Å². The highest BCUT2D eigenvalue weighted by atomic mass is 16.2. The molecule has 2 unspecified atom stereocenters. The van der Waals surface area contributed by atoms with Crippen LogP contribution in [0.5, 0.6) is 0 Å². The molecule has 0 aliphatic rings. The van der Waals surface area contributed by atoms with Gasteiger partial charge in [-0.3, -0.25) is 4.79 Å². The Morgan fingerprint density at radius 2 is 1.56 bits per heavy atom. The van der Waals surface area contributed by atoms with Gasteiger partial charge in [0.2, 0.25) is 5.91 Å². The maximum atomic E-state index is 11.7. The van der Waals surface area contributed by atoms with Crippen molar-refractivity contribution in [3.8, 4) is 0 Å². The number of hydrogen-bond acceptors (Lipinski definition) is 2. The molecule has 0 saturated carbocycles. The third-order valence-corrected chi connectivity index (χ3v) is 2.54. The van der Waals surface area contributed by atoms with E-state index in [1.165, 1.54) is 6.42 Å². The summed E-state index contributed by atoms with van der Waals surface area (Å²) in [5, 5.41) is 6.24. The minimum atomic E-state index is -0.107. The van der Waals surface area contributed by atoms with E-state index < -0.39 is 0 Å². The van der Waals surface area contributed by atoms with Crippen LogP contribution in [0.3, 0.4) is 0 Å². The summed E-state index contributed by atoms with van der Waals surface area (Å²) in [4.78, 5) is 11.7. The van der Waals surface area contributed by atoms with Crippen molar-refractivity contribution in [2.24, 2.45) is 5.92 Å². The molecule has 0 aromatic heterocycles. The van der Waals surface area contributed by atoms with E-state index in [9.17, 15) is 4.79 Å². The molecular formula is C13H28N2O. The molecule has 0 heterocycles. The highest BCUT2D eigenvalue weighted by Crippen LogP contribution is 2.06. The first-order valence-electron chi connectivity index (χ1n) is 6.39. The molecule has 2 N–H and O–H groups in total. The number of carbonyl (C=O) groups excluding carboxylic acids is 1. The first-order chi connectivity index (χ1) is 7.32. The molecule has 16 heavy (non-hydrogen) atoms. The van der Waals surface area contributed by atoms with Gasteiger partial charge < -0.3 is 10.6 Å². The predicted molar refractivity (Wildman–Crippen MR) is 69.4 cm³/mol. The molecule has 0 bridgehead atoms. The summed E-state index contributed by atoms with van der Waals surface area (Å²) >= 11 is 0. The Bertz CT molecular complexity index is 202. The largest absolute Gasteiger partial charge is 0.353 e. The maximum absolute atomic E-state index is 11.7. The van der Waals surface area contributed by atoms with Crippen LogP contribution in [-0.2, 0) is 4.79 Å². The van der Waals surface area contributed by atoms with Crippen molar-refractivity contribution in [3.05, 3.63) is 0 Å². The van der Waals surface area contributed by atoms with Crippen molar-refractivity contribution < 1.29 is 4.79 Å². The van der Waals surface area contributed by atoms with Crippen LogP contribution in [0.15, 0.2) is 0 Å². The lowest BCUT2D eigenvalue weighted by molar-refractivity contribution is -0.123. The zero-order valence-electron chi connectivity index (χ0n) is 11.6. The summed E-state index contributed by atoms with van der Waals surface area (Å²) in [5.74, 6) is 0.815. The lowest BCUT2D eigenvalue weighted by Crippen LogP contribution is -2.47. The zero-order valence-corrected chi connectivity index (χ0v) is 11.6. The first kappa shape index (κ1) is 15.4. The Kier molecular flexibility index (Phi) is 7.39. The van der Waals surface area contributed by atoms with Crippen LogP contribution in [-0.4, -0.2) is 24.0 Å². The van der Waals surface area contributed by atoms with Crippen molar-refractivity contribution in [3.63, 3.8) is 0 Å². The zero-order chi connectivity index (χ0) is 12.7. The molecule has 0 saturated heterocycles. The second-order valence-corrected chi connectivity index (χ2v) is 5.42. The SMILES string of the molecule is CC(C)CCC(C)NC(C)C(=O)NC(C)C. The highest BCUT2D eigenvalue weighted by molar-refractivity contribution is 5.81. The fraction of sp³-hybridized carbons (Fsp3) is 0.923. The van der Waals surface area contributed by atoms with Gasteiger partial charge in [0, 0.05) is 12.1 Å². The van der Waals surface area contributed by atoms with Gasteiger partial charge in [-0.2, -0.15) is 0 Å². The number of carbonyl (C=O) groups is 1. The van der Waals surface area contributed by atoms with Gasteiger partial charge in [-0.05, 0) is 46.5 Å². The summed E-state index contributed by atoms with van der Waals surface area (Å²) in [6, 6.07) is 0.502. The summed E-state index contributed by atoms with van der Waals surface area (Å²) in [5.41, 5.74) is 0. The van der Waals surface area contributed by atoms with Crippen LogP contribution >= 0.6 is 0 Å². The van der Waals surface area contributed by atoms with Crippen LogP contribution in [0.2, 0.25) is 0 Å². The van der Waals surface area contributed by atoms with E-state index in [-0.39, 0.29) is 18.0 Å². The Morgan fingerprint density at radius 3 is 2.00 bits per heavy atom. The van der Waals surface area contributed by atoms with Gasteiger partial charge in [-0.25, -0.2) is 0 Å². The van der Waals surface area contributed by atoms with Crippen molar-refractivity contribution >= 4 is 5.91 Å². The fourth-order valence-electron chi connectivity index (χ4n) is 1.58. The average Bonchev–Trinajstić information content (AvgIpc) is 2.13. The van der Waals surface area contributed by atoms with Gasteiger partial charge in [-0.1, -0.05) is 13.8 Å². The number of hydrogen-bond donors (Lipinski definition) is 2. The molecule has 2 atom stereocenters. The summed E-state index contributed by atoms with van der Waals surface area (Å²) in [6.07, 6.45) is 2.32. The van der Waals surface area contributed by atoms with Crippen LogP contribution < -0.4 is 10.6 Å². The van der Waals surface area contributed by atoms with E-state index in [4.69, 9.17) is 0 Å². The van der Waals surface area contributed by atoms with E-state index in [2.05, 4.69) is 31.4 Å². The minimum Gasteiger partial charge on any atom is -0.353 e.